The lowest BCUT2D eigenvalue weighted by Gasteiger charge is -2.37. The van der Waals surface area contributed by atoms with Gasteiger partial charge in [-0.15, -0.1) is 5.10 Å². The maximum Gasteiger partial charge on any atom is 0.248 e. The van der Waals surface area contributed by atoms with Crippen LogP contribution in [0.5, 0.6) is 0 Å². The van der Waals surface area contributed by atoms with Crippen LogP contribution in [0, 0.1) is 0 Å². The first-order valence-electron chi connectivity index (χ1n) is 7.86. The SMILES string of the molecule is O=C(NC1CCCCC1)C1(n2cnnn2)CCCCC1. The second kappa shape index (κ2) is 5.89. The first-order valence-corrected chi connectivity index (χ1v) is 7.86. The van der Waals surface area contributed by atoms with Gasteiger partial charge < -0.3 is 5.32 Å². The number of hydrogen-bond acceptors (Lipinski definition) is 4. The van der Waals surface area contributed by atoms with E-state index in [1.807, 2.05) is 0 Å². The van der Waals surface area contributed by atoms with Crippen molar-refractivity contribution >= 4 is 5.91 Å². The highest BCUT2D eigenvalue weighted by Gasteiger charge is 2.43. The molecule has 2 saturated carbocycles. The van der Waals surface area contributed by atoms with Gasteiger partial charge in [0.25, 0.3) is 0 Å². The van der Waals surface area contributed by atoms with Crippen molar-refractivity contribution in [2.45, 2.75) is 75.8 Å². The van der Waals surface area contributed by atoms with E-state index in [1.54, 1.807) is 11.0 Å². The Balaban J connectivity index is 1.76. The third-order valence-corrected chi connectivity index (χ3v) is 4.83. The molecule has 0 aromatic carbocycles. The lowest BCUT2D eigenvalue weighted by atomic mass is 9.80. The minimum absolute atomic E-state index is 0.122. The Morgan fingerprint density at radius 3 is 2.45 bits per heavy atom. The fourth-order valence-electron chi connectivity index (χ4n) is 3.62. The highest BCUT2D eigenvalue weighted by molar-refractivity contribution is 5.84. The molecule has 2 fully saturated rings. The van der Waals surface area contributed by atoms with Crippen LogP contribution in [0.2, 0.25) is 0 Å². The van der Waals surface area contributed by atoms with Gasteiger partial charge in [0.2, 0.25) is 5.91 Å². The summed E-state index contributed by atoms with van der Waals surface area (Å²) in [5.74, 6) is 0.122. The molecule has 0 unspecified atom stereocenters. The first-order chi connectivity index (χ1) is 9.81. The molecule has 0 aliphatic heterocycles. The number of tetrazole rings is 1. The van der Waals surface area contributed by atoms with Gasteiger partial charge in [0.1, 0.15) is 11.9 Å². The summed E-state index contributed by atoms with van der Waals surface area (Å²) in [6.07, 6.45) is 12.6. The number of hydrogen-bond donors (Lipinski definition) is 1. The summed E-state index contributed by atoms with van der Waals surface area (Å²) >= 11 is 0. The second-order valence-corrected chi connectivity index (χ2v) is 6.16. The summed E-state index contributed by atoms with van der Waals surface area (Å²) in [7, 11) is 0. The second-order valence-electron chi connectivity index (χ2n) is 6.16. The Kier molecular flexibility index (Phi) is 3.98. The predicted molar refractivity (Wildman–Crippen MR) is 73.9 cm³/mol. The molecule has 6 heteroatoms. The van der Waals surface area contributed by atoms with E-state index in [9.17, 15) is 4.79 Å². The maximum atomic E-state index is 12.9. The topological polar surface area (TPSA) is 72.7 Å². The molecule has 1 aromatic heterocycles. The van der Waals surface area contributed by atoms with Crippen molar-refractivity contribution in [2.24, 2.45) is 0 Å². The molecule has 1 amide bonds. The Morgan fingerprint density at radius 1 is 1.10 bits per heavy atom. The summed E-state index contributed by atoms with van der Waals surface area (Å²) in [6, 6.07) is 0.339. The van der Waals surface area contributed by atoms with E-state index in [-0.39, 0.29) is 5.91 Å². The van der Waals surface area contributed by atoms with Gasteiger partial charge in [-0.2, -0.15) is 0 Å². The zero-order valence-corrected chi connectivity index (χ0v) is 11.9. The summed E-state index contributed by atoms with van der Waals surface area (Å²) in [4.78, 5) is 12.9. The Bertz CT molecular complexity index is 432. The maximum absolute atomic E-state index is 12.9. The standard InChI is InChI=1S/C14H23N5O/c20-13(16-12-7-3-1-4-8-12)14(9-5-2-6-10-14)19-11-15-17-18-19/h11-12H,1-10H2,(H,16,20). The average molecular weight is 277 g/mol. The Morgan fingerprint density at radius 2 is 1.80 bits per heavy atom. The lowest BCUT2D eigenvalue weighted by molar-refractivity contribution is -0.133. The van der Waals surface area contributed by atoms with Crippen LogP contribution in [0.25, 0.3) is 0 Å². The molecular formula is C14H23N5O. The van der Waals surface area contributed by atoms with Crippen LogP contribution in [0.3, 0.4) is 0 Å². The smallest absolute Gasteiger partial charge is 0.248 e. The molecule has 110 valence electrons. The third-order valence-electron chi connectivity index (χ3n) is 4.83. The van der Waals surface area contributed by atoms with Crippen molar-refractivity contribution < 1.29 is 4.79 Å². The number of nitrogens with zero attached hydrogens (tertiary/aromatic N) is 4. The van der Waals surface area contributed by atoms with Crippen molar-refractivity contribution in [3.63, 3.8) is 0 Å². The Hall–Kier alpha value is -1.46. The van der Waals surface area contributed by atoms with Crippen LogP contribution in [-0.2, 0) is 10.3 Å². The molecule has 2 aliphatic carbocycles. The van der Waals surface area contributed by atoms with Gasteiger partial charge >= 0.3 is 0 Å². The van der Waals surface area contributed by atoms with Gasteiger partial charge in [-0.3, -0.25) is 4.79 Å². The van der Waals surface area contributed by atoms with E-state index in [0.717, 1.165) is 38.5 Å². The van der Waals surface area contributed by atoms with E-state index in [2.05, 4.69) is 20.8 Å². The number of carbonyl (C=O) groups is 1. The molecule has 0 spiro atoms. The number of aromatic nitrogens is 4. The fourth-order valence-corrected chi connectivity index (χ4v) is 3.62. The van der Waals surface area contributed by atoms with Crippen LogP contribution >= 0.6 is 0 Å². The molecule has 1 N–H and O–H groups in total. The summed E-state index contributed by atoms with van der Waals surface area (Å²) in [6.45, 7) is 0. The predicted octanol–water partition coefficient (Wildman–Crippen LogP) is 1.78. The molecule has 6 nitrogen and oxygen atoms in total. The van der Waals surface area contributed by atoms with Gasteiger partial charge in [-0.1, -0.05) is 38.5 Å². The monoisotopic (exact) mass is 277 g/mol. The lowest BCUT2D eigenvalue weighted by Crippen LogP contribution is -2.53. The quantitative estimate of drug-likeness (QED) is 0.914. The molecule has 1 heterocycles. The van der Waals surface area contributed by atoms with Crippen molar-refractivity contribution in [1.82, 2.24) is 25.5 Å². The van der Waals surface area contributed by atoms with Gasteiger partial charge in [0.05, 0.1) is 0 Å². The number of nitrogens with one attached hydrogen (secondary N) is 1. The highest BCUT2D eigenvalue weighted by atomic mass is 16.2. The largest absolute Gasteiger partial charge is 0.351 e. The van der Waals surface area contributed by atoms with Crippen LogP contribution in [0.1, 0.15) is 64.2 Å². The summed E-state index contributed by atoms with van der Waals surface area (Å²) in [5.41, 5.74) is -0.556. The van der Waals surface area contributed by atoms with E-state index in [4.69, 9.17) is 0 Å². The molecule has 2 aliphatic rings. The minimum atomic E-state index is -0.556. The normalized spacial score (nSPS) is 23.4. The highest BCUT2D eigenvalue weighted by Crippen LogP contribution is 2.34. The van der Waals surface area contributed by atoms with Crippen LogP contribution in [0.15, 0.2) is 6.33 Å². The molecule has 0 atom stereocenters. The minimum Gasteiger partial charge on any atom is -0.351 e. The zero-order chi connectivity index (χ0) is 13.8. The average Bonchev–Trinajstić information content (AvgIpc) is 3.04. The number of amides is 1. The molecule has 0 bridgehead atoms. The molecule has 0 radical (unpaired) electrons. The van der Waals surface area contributed by atoms with Crippen molar-refractivity contribution in [2.75, 3.05) is 0 Å². The molecule has 3 rings (SSSR count). The first kappa shape index (κ1) is 13.5. The third kappa shape index (κ3) is 2.55. The van der Waals surface area contributed by atoms with Crippen molar-refractivity contribution in [3.8, 4) is 0 Å². The molecule has 20 heavy (non-hydrogen) atoms. The van der Waals surface area contributed by atoms with Crippen LogP contribution in [-0.4, -0.2) is 32.2 Å². The Labute approximate surface area is 119 Å². The zero-order valence-electron chi connectivity index (χ0n) is 11.9. The molecule has 1 aromatic rings. The van der Waals surface area contributed by atoms with E-state index in [1.165, 1.54) is 25.7 Å². The van der Waals surface area contributed by atoms with Crippen molar-refractivity contribution in [1.29, 1.82) is 0 Å². The summed E-state index contributed by atoms with van der Waals surface area (Å²) < 4.78 is 1.68. The fraction of sp³-hybridized carbons (Fsp3) is 0.857. The van der Waals surface area contributed by atoms with Gasteiger partial charge in [0.15, 0.2) is 0 Å². The van der Waals surface area contributed by atoms with E-state index < -0.39 is 5.54 Å². The van der Waals surface area contributed by atoms with Crippen LogP contribution in [0.4, 0.5) is 0 Å². The van der Waals surface area contributed by atoms with E-state index >= 15 is 0 Å². The number of rotatable bonds is 3. The van der Waals surface area contributed by atoms with E-state index in [0.29, 0.717) is 6.04 Å². The van der Waals surface area contributed by atoms with Crippen molar-refractivity contribution in [3.05, 3.63) is 6.33 Å². The van der Waals surface area contributed by atoms with Gasteiger partial charge in [0, 0.05) is 6.04 Å². The summed E-state index contributed by atoms with van der Waals surface area (Å²) in [5, 5.41) is 14.7. The molecule has 0 saturated heterocycles. The molecular weight excluding hydrogens is 254 g/mol. The number of carbonyl (C=O) groups excluding carboxylic acids is 1. The van der Waals surface area contributed by atoms with Crippen LogP contribution < -0.4 is 5.32 Å². The van der Waals surface area contributed by atoms with Gasteiger partial charge in [-0.05, 0) is 36.1 Å². The van der Waals surface area contributed by atoms with Gasteiger partial charge in [-0.25, -0.2) is 4.68 Å².